The molecule has 0 aromatic carbocycles. The molecule has 0 bridgehead atoms. The van der Waals surface area contributed by atoms with Crippen LogP contribution in [0.4, 0.5) is 5.69 Å². The summed E-state index contributed by atoms with van der Waals surface area (Å²) in [7, 11) is 1.57. The van der Waals surface area contributed by atoms with Crippen molar-refractivity contribution in [2.45, 2.75) is 13.0 Å². The average Bonchev–Trinajstić information content (AvgIpc) is 2.21. The molecule has 0 aliphatic heterocycles. The lowest BCUT2D eigenvalue weighted by Crippen LogP contribution is -2.36. The zero-order valence-electron chi connectivity index (χ0n) is 9.16. The van der Waals surface area contributed by atoms with Crippen LogP contribution in [-0.2, 0) is 4.74 Å². The Labute approximate surface area is 98.9 Å². The fourth-order valence-electron chi connectivity index (χ4n) is 1.23. The van der Waals surface area contributed by atoms with Crippen LogP contribution in [0.3, 0.4) is 0 Å². The number of carbonyl (C=O) groups excluding carboxylic acids is 1. The van der Waals surface area contributed by atoms with Gasteiger partial charge < -0.3 is 15.8 Å². The third kappa shape index (κ3) is 3.36. The van der Waals surface area contributed by atoms with E-state index in [2.05, 4.69) is 10.3 Å². The number of rotatable bonds is 4. The quantitative estimate of drug-likeness (QED) is 0.776. The van der Waals surface area contributed by atoms with E-state index in [4.69, 9.17) is 22.1 Å². The third-order valence-electron chi connectivity index (χ3n) is 1.94. The fourth-order valence-corrected chi connectivity index (χ4v) is 1.39. The normalized spacial score (nSPS) is 12.2. The van der Waals surface area contributed by atoms with E-state index in [0.717, 1.165) is 0 Å². The van der Waals surface area contributed by atoms with Gasteiger partial charge in [0.2, 0.25) is 0 Å². The van der Waals surface area contributed by atoms with Crippen molar-refractivity contribution in [3.05, 3.63) is 23.0 Å². The summed E-state index contributed by atoms with van der Waals surface area (Å²) in [5.41, 5.74) is 6.25. The van der Waals surface area contributed by atoms with E-state index in [0.29, 0.717) is 17.9 Å². The lowest BCUT2D eigenvalue weighted by atomic mass is 10.2. The maximum absolute atomic E-state index is 11.8. The van der Waals surface area contributed by atoms with Crippen molar-refractivity contribution in [2.75, 3.05) is 19.5 Å². The second kappa shape index (κ2) is 5.67. The van der Waals surface area contributed by atoms with E-state index in [1.807, 2.05) is 6.92 Å². The summed E-state index contributed by atoms with van der Waals surface area (Å²) in [5, 5.41) is 2.97. The second-order valence-corrected chi connectivity index (χ2v) is 3.81. The van der Waals surface area contributed by atoms with E-state index in [1.54, 1.807) is 7.11 Å². The van der Waals surface area contributed by atoms with E-state index in [1.165, 1.54) is 12.3 Å². The van der Waals surface area contributed by atoms with Crippen LogP contribution in [0.15, 0.2) is 12.3 Å². The summed E-state index contributed by atoms with van der Waals surface area (Å²) in [6.45, 7) is 2.27. The molecule has 1 rings (SSSR count). The number of amides is 1. The van der Waals surface area contributed by atoms with Crippen molar-refractivity contribution < 1.29 is 9.53 Å². The average molecular weight is 244 g/mol. The van der Waals surface area contributed by atoms with Crippen LogP contribution in [-0.4, -0.2) is 30.6 Å². The van der Waals surface area contributed by atoms with E-state index in [-0.39, 0.29) is 17.1 Å². The number of nitrogens with two attached hydrogens (primary N) is 1. The van der Waals surface area contributed by atoms with Gasteiger partial charge in [0, 0.05) is 13.2 Å². The predicted octanol–water partition coefficient (Wildman–Crippen LogP) is 1.08. The van der Waals surface area contributed by atoms with Gasteiger partial charge in [0.1, 0.15) is 5.15 Å². The van der Waals surface area contributed by atoms with Crippen molar-refractivity contribution in [2.24, 2.45) is 0 Å². The number of nitrogens with zero attached hydrogens (tertiary/aromatic N) is 1. The Balaban J connectivity index is 2.76. The largest absolute Gasteiger partial charge is 0.397 e. The Kier molecular flexibility index (Phi) is 4.52. The molecule has 1 unspecified atom stereocenters. The summed E-state index contributed by atoms with van der Waals surface area (Å²) in [6.07, 6.45) is 1.36. The Morgan fingerprint density at radius 2 is 2.44 bits per heavy atom. The number of hydrogen-bond acceptors (Lipinski definition) is 4. The van der Waals surface area contributed by atoms with Crippen LogP contribution in [0.2, 0.25) is 5.15 Å². The van der Waals surface area contributed by atoms with Crippen molar-refractivity contribution >= 4 is 23.2 Å². The van der Waals surface area contributed by atoms with Gasteiger partial charge in [0.15, 0.2) is 0 Å². The van der Waals surface area contributed by atoms with Crippen molar-refractivity contribution in [1.82, 2.24) is 10.3 Å². The highest BCUT2D eigenvalue weighted by Gasteiger charge is 2.13. The predicted molar refractivity (Wildman–Crippen MR) is 62.5 cm³/mol. The maximum atomic E-state index is 11.8. The molecule has 0 radical (unpaired) electrons. The topological polar surface area (TPSA) is 77.2 Å². The van der Waals surface area contributed by atoms with E-state index >= 15 is 0 Å². The molecule has 1 atom stereocenters. The molecule has 0 aliphatic carbocycles. The summed E-state index contributed by atoms with van der Waals surface area (Å²) < 4.78 is 4.91. The van der Waals surface area contributed by atoms with Crippen LogP contribution in [0.25, 0.3) is 0 Å². The molecular weight excluding hydrogens is 230 g/mol. The summed E-state index contributed by atoms with van der Waals surface area (Å²) >= 11 is 5.69. The Bertz CT molecular complexity index is 384. The monoisotopic (exact) mass is 243 g/mol. The molecule has 88 valence electrons. The Morgan fingerprint density at radius 3 is 3.06 bits per heavy atom. The molecule has 0 aliphatic rings. The number of ether oxygens (including phenoxy) is 1. The molecule has 0 fully saturated rings. The molecule has 0 saturated heterocycles. The number of hydrogen-bond donors (Lipinski definition) is 2. The first-order valence-corrected chi connectivity index (χ1v) is 5.13. The Hall–Kier alpha value is -1.33. The minimum absolute atomic E-state index is 0.0937. The van der Waals surface area contributed by atoms with Gasteiger partial charge in [-0.25, -0.2) is 4.98 Å². The van der Waals surface area contributed by atoms with Gasteiger partial charge in [0.05, 0.1) is 24.1 Å². The van der Waals surface area contributed by atoms with Crippen molar-refractivity contribution in [3.8, 4) is 0 Å². The first-order valence-electron chi connectivity index (χ1n) is 4.75. The molecule has 1 amide bonds. The summed E-state index contributed by atoms with van der Waals surface area (Å²) in [5.74, 6) is -0.286. The number of halogens is 1. The molecule has 0 spiro atoms. The second-order valence-electron chi connectivity index (χ2n) is 3.42. The standard InChI is InChI=1S/C10H14ClN3O2/c1-6(5-16-2)14-10(15)7-3-9(11)13-4-8(7)12/h3-4,6H,5,12H2,1-2H3,(H,14,15). The number of carbonyl (C=O) groups is 1. The van der Waals surface area contributed by atoms with Gasteiger partial charge in [-0.2, -0.15) is 0 Å². The molecule has 3 N–H and O–H groups in total. The van der Waals surface area contributed by atoms with E-state index < -0.39 is 0 Å². The van der Waals surface area contributed by atoms with Gasteiger partial charge in [-0.1, -0.05) is 11.6 Å². The fraction of sp³-hybridized carbons (Fsp3) is 0.400. The minimum atomic E-state index is -0.286. The zero-order valence-corrected chi connectivity index (χ0v) is 9.91. The Morgan fingerprint density at radius 1 is 1.75 bits per heavy atom. The molecule has 0 saturated carbocycles. The molecule has 1 heterocycles. The third-order valence-corrected chi connectivity index (χ3v) is 2.15. The molecule has 5 nitrogen and oxygen atoms in total. The number of anilines is 1. The molecular formula is C10H14ClN3O2. The highest BCUT2D eigenvalue weighted by atomic mass is 35.5. The van der Waals surface area contributed by atoms with Gasteiger partial charge in [0.25, 0.3) is 5.91 Å². The number of nitrogen functional groups attached to an aromatic ring is 1. The maximum Gasteiger partial charge on any atom is 0.253 e. The van der Waals surface area contributed by atoms with Gasteiger partial charge in [-0.3, -0.25) is 4.79 Å². The van der Waals surface area contributed by atoms with Gasteiger partial charge in [-0.15, -0.1) is 0 Å². The molecule has 1 aromatic rings. The summed E-state index contributed by atoms with van der Waals surface area (Å²) in [6, 6.07) is 1.34. The number of nitrogens with one attached hydrogen (secondary N) is 1. The lowest BCUT2D eigenvalue weighted by molar-refractivity contribution is 0.0906. The van der Waals surface area contributed by atoms with Crippen LogP contribution >= 0.6 is 11.6 Å². The zero-order chi connectivity index (χ0) is 12.1. The lowest BCUT2D eigenvalue weighted by Gasteiger charge is -2.13. The molecule has 6 heteroatoms. The van der Waals surface area contributed by atoms with Crippen LogP contribution in [0.5, 0.6) is 0 Å². The van der Waals surface area contributed by atoms with Gasteiger partial charge in [-0.05, 0) is 13.0 Å². The first-order chi connectivity index (χ1) is 7.54. The highest BCUT2D eigenvalue weighted by molar-refractivity contribution is 6.29. The SMILES string of the molecule is COCC(C)NC(=O)c1cc(Cl)ncc1N. The van der Waals surface area contributed by atoms with Crippen LogP contribution in [0.1, 0.15) is 17.3 Å². The number of pyridine rings is 1. The highest BCUT2D eigenvalue weighted by Crippen LogP contribution is 2.14. The number of aromatic nitrogens is 1. The van der Waals surface area contributed by atoms with Gasteiger partial charge >= 0.3 is 0 Å². The smallest absolute Gasteiger partial charge is 0.253 e. The minimum Gasteiger partial charge on any atom is -0.397 e. The van der Waals surface area contributed by atoms with E-state index in [9.17, 15) is 4.79 Å². The first kappa shape index (κ1) is 12.7. The van der Waals surface area contributed by atoms with Crippen molar-refractivity contribution in [3.63, 3.8) is 0 Å². The summed E-state index contributed by atoms with van der Waals surface area (Å²) in [4.78, 5) is 15.5. The molecule has 1 aromatic heterocycles. The molecule has 16 heavy (non-hydrogen) atoms. The number of methoxy groups -OCH3 is 1. The van der Waals surface area contributed by atoms with Crippen molar-refractivity contribution in [1.29, 1.82) is 0 Å². The van der Waals surface area contributed by atoms with Crippen LogP contribution < -0.4 is 11.1 Å². The van der Waals surface area contributed by atoms with Crippen LogP contribution in [0, 0.1) is 0 Å².